The van der Waals surface area contributed by atoms with Gasteiger partial charge in [-0.3, -0.25) is 19.7 Å². The molecule has 1 amide bonds. The fourth-order valence-corrected chi connectivity index (χ4v) is 2.11. The molecule has 6 nitrogen and oxygen atoms in total. The van der Waals surface area contributed by atoms with Crippen LogP contribution in [0, 0.1) is 5.41 Å². The van der Waals surface area contributed by atoms with Crippen molar-refractivity contribution >= 4 is 11.9 Å². The van der Waals surface area contributed by atoms with Crippen molar-refractivity contribution in [3.05, 3.63) is 35.9 Å². The van der Waals surface area contributed by atoms with Gasteiger partial charge < -0.3 is 4.74 Å². The van der Waals surface area contributed by atoms with Crippen LogP contribution >= 0.6 is 0 Å². The number of hydrogen-bond acceptors (Lipinski definition) is 5. The van der Waals surface area contributed by atoms with Crippen molar-refractivity contribution in [2.45, 2.75) is 39.8 Å². The molecule has 1 aromatic rings. The zero-order chi connectivity index (χ0) is 16.9. The number of amides is 1. The molecule has 0 spiro atoms. The van der Waals surface area contributed by atoms with Gasteiger partial charge in [0.1, 0.15) is 13.3 Å². The molecule has 1 unspecified atom stereocenters. The Morgan fingerprint density at radius 2 is 2.00 bits per heavy atom. The highest BCUT2D eigenvalue weighted by Gasteiger charge is 2.31. The summed E-state index contributed by atoms with van der Waals surface area (Å²) in [5, 5.41) is 4.43. The maximum absolute atomic E-state index is 11.9. The normalized spacial score (nSPS) is 18.3. The highest BCUT2D eigenvalue weighted by molar-refractivity contribution is 5.78. The van der Waals surface area contributed by atoms with Gasteiger partial charge in [-0.1, -0.05) is 30.3 Å². The van der Waals surface area contributed by atoms with E-state index in [1.54, 1.807) is 20.8 Å². The number of carbonyl (C=O) groups excluding carboxylic acids is 2. The summed E-state index contributed by atoms with van der Waals surface area (Å²) in [6.45, 7) is 6.30. The number of carbonyl (C=O) groups is 2. The Hall–Kier alpha value is -1.92. The molecule has 1 aromatic carbocycles. The number of ether oxygens (including phenoxy) is 1. The fourth-order valence-electron chi connectivity index (χ4n) is 2.11. The molecule has 0 aromatic heterocycles. The third-order valence-corrected chi connectivity index (χ3v) is 3.50. The summed E-state index contributed by atoms with van der Waals surface area (Å²) in [6, 6.07) is 9.61. The average molecular weight is 320 g/mol. The molecule has 2 rings (SSSR count). The van der Waals surface area contributed by atoms with Crippen LogP contribution in [-0.2, 0) is 25.8 Å². The van der Waals surface area contributed by atoms with Gasteiger partial charge in [-0.05, 0) is 26.3 Å². The lowest BCUT2D eigenvalue weighted by molar-refractivity contribution is -0.182. The summed E-state index contributed by atoms with van der Waals surface area (Å²) >= 11 is 0. The first-order valence-electron chi connectivity index (χ1n) is 7.74. The van der Waals surface area contributed by atoms with Gasteiger partial charge in [0, 0.05) is 12.5 Å². The monoisotopic (exact) mass is 320 g/mol. The summed E-state index contributed by atoms with van der Waals surface area (Å²) < 4.78 is 5.15. The third-order valence-electron chi connectivity index (χ3n) is 3.50. The van der Waals surface area contributed by atoms with Gasteiger partial charge in [0.2, 0.25) is 5.91 Å². The van der Waals surface area contributed by atoms with E-state index in [1.807, 2.05) is 30.3 Å². The number of rotatable bonds is 6. The van der Waals surface area contributed by atoms with E-state index < -0.39 is 5.41 Å². The van der Waals surface area contributed by atoms with Crippen molar-refractivity contribution in [1.82, 2.24) is 10.4 Å². The summed E-state index contributed by atoms with van der Waals surface area (Å²) in [6.07, 6.45) is 0.335. The molecule has 1 aliphatic rings. The van der Waals surface area contributed by atoms with Gasteiger partial charge in [0.25, 0.3) is 0 Å². The molecule has 0 bridgehead atoms. The molecule has 0 radical (unpaired) electrons. The number of esters is 1. The molecule has 23 heavy (non-hydrogen) atoms. The van der Waals surface area contributed by atoms with Crippen LogP contribution in [0.5, 0.6) is 0 Å². The maximum atomic E-state index is 11.9. The molecule has 1 fully saturated rings. The van der Waals surface area contributed by atoms with Crippen molar-refractivity contribution in [2.24, 2.45) is 5.41 Å². The molecule has 126 valence electrons. The van der Waals surface area contributed by atoms with E-state index in [0.29, 0.717) is 19.6 Å². The lowest BCUT2D eigenvalue weighted by Gasteiger charge is -2.19. The minimum absolute atomic E-state index is 0.0689. The predicted octanol–water partition coefficient (Wildman–Crippen LogP) is 1.86. The van der Waals surface area contributed by atoms with Crippen molar-refractivity contribution in [1.29, 1.82) is 0 Å². The van der Waals surface area contributed by atoms with Crippen LogP contribution in [0.1, 0.15) is 32.8 Å². The Morgan fingerprint density at radius 3 is 2.65 bits per heavy atom. The van der Waals surface area contributed by atoms with Gasteiger partial charge in [-0.15, -0.1) is 0 Å². The van der Waals surface area contributed by atoms with Crippen LogP contribution in [0.4, 0.5) is 0 Å². The molecule has 1 atom stereocenters. The maximum Gasteiger partial charge on any atom is 0.312 e. The van der Waals surface area contributed by atoms with Crippen LogP contribution in [-0.4, -0.2) is 36.3 Å². The molecule has 6 heteroatoms. The second-order valence-corrected chi connectivity index (χ2v) is 6.65. The van der Waals surface area contributed by atoms with E-state index in [4.69, 9.17) is 9.57 Å². The van der Waals surface area contributed by atoms with E-state index in [0.717, 1.165) is 5.56 Å². The average Bonchev–Trinajstić information content (AvgIpc) is 2.85. The summed E-state index contributed by atoms with van der Waals surface area (Å²) in [5.74, 6) is -0.341. The van der Waals surface area contributed by atoms with Gasteiger partial charge in [-0.2, -0.15) is 0 Å². The SMILES string of the molecule is CC(C)(C)C(=O)OCNC1CC(=O)N(OCc2ccccc2)C1. The number of nitrogens with one attached hydrogen (secondary N) is 1. The first kappa shape index (κ1) is 17.4. The highest BCUT2D eigenvalue weighted by atomic mass is 16.7. The number of hydroxylamine groups is 2. The summed E-state index contributed by atoms with van der Waals surface area (Å²) in [5.41, 5.74) is 0.480. The van der Waals surface area contributed by atoms with Crippen LogP contribution in [0.25, 0.3) is 0 Å². The van der Waals surface area contributed by atoms with Crippen LogP contribution in [0.2, 0.25) is 0 Å². The van der Waals surface area contributed by atoms with E-state index in [9.17, 15) is 9.59 Å². The zero-order valence-corrected chi connectivity index (χ0v) is 13.9. The van der Waals surface area contributed by atoms with E-state index in [1.165, 1.54) is 5.06 Å². The lowest BCUT2D eigenvalue weighted by Crippen LogP contribution is -2.36. The van der Waals surface area contributed by atoms with Crippen molar-refractivity contribution in [3.8, 4) is 0 Å². The Labute approximate surface area is 136 Å². The summed E-state index contributed by atoms with van der Waals surface area (Å²) in [7, 11) is 0. The Bertz CT molecular complexity index is 539. The van der Waals surface area contributed by atoms with Crippen molar-refractivity contribution in [2.75, 3.05) is 13.3 Å². The van der Waals surface area contributed by atoms with Gasteiger partial charge in [-0.25, -0.2) is 5.06 Å². The zero-order valence-electron chi connectivity index (χ0n) is 13.9. The van der Waals surface area contributed by atoms with Gasteiger partial charge in [0.15, 0.2) is 0 Å². The molecule has 1 N–H and O–H groups in total. The second-order valence-electron chi connectivity index (χ2n) is 6.65. The molecular weight excluding hydrogens is 296 g/mol. The minimum atomic E-state index is -0.530. The van der Waals surface area contributed by atoms with Gasteiger partial charge in [0.05, 0.1) is 12.0 Å². The van der Waals surface area contributed by atoms with E-state index in [2.05, 4.69) is 5.32 Å². The lowest BCUT2D eigenvalue weighted by atomic mass is 9.98. The Balaban J connectivity index is 1.71. The quantitative estimate of drug-likeness (QED) is 0.640. The molecule has 1 aliphatic heterocycles. The van der Waals surface area contributed by atoms with E-state index in [-0.39, 0.29) is 24.6 Å². The van der Waals surface area contributed by atoms with E-state index >= 15 is 0 Å². The first-order valence-corrected chi connectivity index (χ1v) is 7.74. The third kappa shape index (κ3) is 5.33. The largest absolute Gasteiger partial charge is 0.449 e. The molecular formula is C17H24N2O4. The Kier molecular flexibility index (Phi) is 5.74. The highest BCUT2D eigenvalue weighted by Crippen LogP contribution is 2.16. The summed E-state index contributed by atoms with van der Waals surface area (Å²) in [4.78, 5) is 29.1. The van der Waals surface area contributed by atoms with Gasteiger partial charge >= 0.3 is 5.97 Å². The smallest absolute Gasteiger partial charge is 0.312 e. The number of hydrogen-bond donors (Lipinski definition) is 1. The second kappa shape index (κ2) is 7.57. The Morgan fingerprint density at radius 1 is 1.30 bits per heavy atom. The molecule has 1 heterocycles. The predicted molar refractivity (Wildman–Crippen MR) is 84.9 cm³/mol. The molecule has 0 aliphatic carbocycles. The van der Waals surface area contributed by atoms with Crippen molar-refractivity contribution < 1.29 is 19.2 Å². The number of nitrogens with zero attached hydrogens (tertiary/aromatic N) is 1. The molecule has 1 saturated heterocycles. The van der Waals surface area contributed by atoms with Crippen LogP contribution < -0.4 is 5.32 Å². The standard InChI is InChI=1S/C17H24N2O4/c1-17(2,3)16(21)22-12-18-14-9-15(20)19(10-14)23-11-13-7-5-4-6-8-13/h4-8,14,18H,9-12H2,1-3H3. The topological polar surface area (TPSA) is 67.9 Å². The van der Waals surface area contributed by atoms with Crippen LogP contribution in [0.3, 0.4) is 0 Å². The van der Waals surface area contributed by atoms with Crippen LogP contribution in [0.15, 0.2) is 30.3 Å². The first-order chi connectivity index (χ1) is 10.9. The van der Waals surface area contributed by atoms with Crippen molar-refractivity contribution in [3.63, 3.8) is 0 Å². The fraction of sp³-hybridized carbons (Fsp3) is 0.529. The molecule has 0 saturated carbocycles. The minimum Gasteiger partial charge on any atom is -0.449 e. The number of benzene rings is 1.